The van der Waals surface area contributed by atoms with Crippen LogP contribution in [-0.2, 0) is 0 Å². The van der Waals surface area contributed by atoms with Gasteiger partial charge in [-0.1, -0.05) is 29.3 Å². The molecule has 1 heterocycles. The number of amides is 1. The van der Waals surface area contributed by atoms with Crippen LogP contribution in [-0.4, -0.2) is 10.9 Å². The number of nitrogens with one attached hydrogen (secondary N) is 1. The van der Waals surface area contributed by atoms with Gasteiger partial charge in [0.05, 0.1) is 10.6 Å². The molecule has 0 aliphatic heterocycles. The molecule has 6 heteroatoms. The van der Waals surface area contributed by atoms with Crippen molar-refractivity contribution in [2.75, 3.05) is 5.32 Å². The van der Waals surface area contributed by atoms with Crippen molar-refractivity contribution in [2.24, 2.45) is 0 Å². The van der Waals surface area contributed by atoms with Crippen LogP contribution in [0.5, 0.6) is 0 Å². The van der Waals surface area contributed by atoms with Gasteiger partial charge in [0.2, 0.25) is 0 Å². The van der Waals surface area contributed by atoms with Crippen molar-refractivity contribution >= 4 is 34.9 Å². The molecule has 1 aromatic carbocycles. The van der Waals surface area contributed by atoms with Crippen molar-refractivity contribution < 1.29 is 9.18 Å². The maximum absolute atomic E-state index is 13.5. The van der Waals surface area contributed by atoms with Gasteiger partial charge in [0.15, 0.2) is 0 Å². The normalized spacial score (nSPS) is 10.2. The molecular formula is C12H7Cl2FN2O. The molecule has 3 nitrogen and oxygen atoms in total. The molecule has 0 radical (unpaired) electrons. The number of benzene rings is 1. The minimum absolute atomic E-state index is 0.0366. The SMILES string of the molecule is O=C(Nc1cc(Cl)ccn1)c1c(F)cccc1Cl. The average Bonchev–Trinajstić information content (AvgIpc) is 2.28. The average molecular weight is 285 g/mol. The highest BCUT2D eigenvalue weighted by molar-refractivity contribution is 6.34. The number of rotatable bonds is 2. The summed E-state index contributed by atoms with van der Waals surface area (Å²) in [5, 5.41) is 2.87. The Morgan fingerprint density at radius 3 is 2.72 bits per heavy atom. The molecule has 1 N–H and O–H groups in total. The van der Waals surface area contributed by atoms with Crippen LogP contribution in [0.2, 0.25) is 10.0 Å². The summed E-state index contributed by atoms with van der Waals surface area (Å²) in [7, 11) is 0. The van der Waals surface area contributed by atoms with Crippen molar-refractivity contribution in [3.05, 3.63) is 58.0 Å². The number of hydrogen-bond acceptors (Lipinski definition) is 2. The lowest BCUT2D eigenvalue weighted by molar-refractivity contribution is 0.102. The fourth-order valence-corrected chi connectivity index (χ4v) is 1.78. The molecule has 1 aromatic heterocycles. The van der Waals surface area contributed by atoms with Gasteiger partial charge < -0.3 is 5.32 Å². The highest BCUT2D eigenvalue weighted by Gasteiger charge is 2.16. The van der Waals surface area contributed by atoms with Crippen molar-refractivity contribution in [2.45, 2.75) is 0 Å². The van der Waals surface area contributed by atoms with Crippen LogP contribution in [0.4, 0.5) is 10.2 Å². The molecule has 0 spiro atoms. The lowest BCUT2D eigenvalue weighted by atomic mass is 10.2. The third-order valence-corrected chi connectivity index (χ3v) is 2.70. The van der Waals surface area contributed by atoms with Crippen LogP contribution in [0.1, 0.15) is 10.4 Å². The van der Waals surface area contributed by atoms with Gasteiger partial charge in [-0.2, -0.15) is 0 Å². The first kappa shape index (κ1) is 12.8. The van der Waals surface area contributed by atoms with Crippen molar-refractivity contribution in [3.63, 3.8) is 0 Å². The number of halogens is 3. The number of anilines is 1. The summed E-state index contributed by atoms with van der Waals surface area (Å²) < 4.78 is 13.5. The standard InChI is InChI=1S/C12H7Cl2FN2O/c13-7-4-5-16-10(6-7)17-12(18)11-8(14)2-1-3-9(11)15/h1-6H,(H,16,17,18). The number of nitrogens with zero attached hydrogens (tertiary/aromatic N) is 1. The third kappa shape index (κ3) is 2.78. The molecule has 0 saturated carbocycles. The first-order valence-corrected chi connectivity index (χ1v) is 5.70. The van der Waals surface area contributed by atoms with E-state index in [1.54, 1.807) is 6.07 Å². The van der Waals surface area contributed by atoms with Gasteiger partial charge >= 0.3 is 0 Å². The van der Waals surface area contributed by atoms with Crippen LogP contribution in [0, 0.1) is 5.82 Å². The van der Waals surface area contributed by atoms with E-state index in [1.807, 2.05) is 0 Å². The summed E-state index contributed by atoms with van der Waals surface area (Å²) in [4.78, 5) is 15.7. The summed E-state index contributed by atoms with van der Waals surface area (Å²) in [6.45, 7) is 0. The van der Waals surface area contributed by atoms with E-state index < -0.39 is 11.7 Å². The Morgan fingerprint density at radius 1 is 1.28 bits per heavy atom. The summed E-state index contributed by atoms with van der Waals surface area (Å²) in [6, 6.07) is 7.03. The van der Waals surface area contributed by atoms with Gasteiger partial charge in [0, 0.05) is 11.2 Å². The summed E-state index contributed by atoms with van der Waals surface area (Å²) in [5.41, 5.74) is -0.221. The van der Waals surface area contributed by atoms with Gasteiger partial charge in [0.25, 0.3) is 5.91 Å². The van der Waals surface area contributed by atoms with E-state index in [0.29, 0.717) is 5.02 Å². The Bertz CT molecular complexity index is 584. The van der Waals surface area contributed by atoms with E-state index in [9.17, 15) is 9.18 Å². The second-order valence-corrected chi connectivity index (χ2v) is 4.25. The van der Waals surface area contributed by atoms with E-state index in [-0.39, 0.29) is 16.4 Å². The minimum Gasteiger partial charge on any atom is -0.306 e. The van der Waals surface area contributed by atoms with E-state index in [0.717, 1.165) is 6.07 Å². The van der Waals surface area contributed by atoms with Crippen LogP contribution in [0.25, 0.3) is 0 Å². The van der Waals surface area contributed by atoms with Crippen molar-refractivity contribution in [3.8, 4) is 0 Å². The third-order valence-electron chi connectivity index (χ3n) is 2.15. The van der Waals surface area contributed by atoms with Crippen LogP contribution < -0.4 is 5.32 Å². The highest BCUT2D eigenvalue weighted by atomic mass is 35.5. The van der Waals surface area contributed by atoms with Crippen molar-refractivity contribution in [1.82, 2.24) is 4.98 Å². The van der Waals surface area contributed by atoms with Gasteiger partial charge in [-0.25, -0.2) is 9.37 Å². The highest BCUT2D eigenvalue weighted by Crippen LogP contribution is 2.20. The molecule has 0 unspecified atom stereocenters. The quantitative estimate of drug-likeness (QED) is 0.912. The first-order chi connectivity index (χ1) is 8.58. The summed E-state index contributed by atoms with van der Waals surface area (Å²) >= 11 is 11.5. The van der Waals surface area contributed by atoms with Gasteiger partial charge in [0.1, 0.15) is 11.6 Å². The van der Waals surface area contributed by atoms with Gasteiger partial charge in [-0.3, -0.25) is 4.79 Å². The molecule has 0 aliphatic carbocycles. The molecule has 0 fully saturated rings. The lowest BCUT2D eigenvalue weighted by Crippen LogP contribution is -2.15. The fraction of sp³-hybridized carbons (Fsp3) is 0. The first-order valence-electron chi connectivity index (χ1n) is 4.95. The molecule has 92 valence electrons. The van der Waals surface area contributed by atoms with Gasteiger partial charge in [-0.15, -0.1) is 0 Å². The number of carbonyl (C=O) groups is 1. The largest absolute Gasteiger partial charge is 0.306 e. The number of hydrogen-bond donors (Lipinski definition) is 1. The van der Waals surface area contributed by atoms with Crippen molar-refractivity contribution in [1.29, 1.82) is 0 Å². The van der Waals surface area contributed by atoms with E-state index >= 15 is 0 Å². The number of aromatic nitrogens is 1. The molecule has 2 rings (SSSR count). The predicted molar refractivity (Wildman–Crippen MR) is 68.6 cm³/mol. The number of carbonyl (C=O) groups excluding carboxylic acids is 1. The molecule has 0 aliphatic rings. The van der Waals surface area contributed by atoms with E-state index in [2.05, 4.69) is 10.3 Å². The predicted octanol–water partition coefficient (Wildman–Crippen LogP) is 3.78. The Hall–Kier alpha value is -1.65. The zero-order valence-electron chi connectivity index (χ0n) is 8.95. The van der Waals surface area contributed by atoms with E-state index in [4.69, 9.17) is 23.2 Å². The molecule has 0 saturated heterocycles. The second kappa shape index (κ2) is 5.33. The van der Waals surface area contributed by atoms with Crippen LogP contribution >= 0.6 is 23.2 Å². The molecule has 0 atom stereocenters. The molecule has 1 amide bonds. The summed E-state index contributed by atoms with van der Waals surface area (Å²) in [5.74, 6) is -1.14. The molecule has 18 heavy (non-hydrogen) atoms. The van der Waals surface area contributed by atoms with Crippen LogP contribution in [0.15, 0.2) is 36.5 Å². The maximum Gasteiger partial charge on any atom is 0.261 e. The topological polar surface area (TPSA) is 42.0 Å². The molecule has 2 aromatic rings. The molecule has 0 bridgehead atoms. The molecular weight excluding hydrogens is 278 g/mol. The fourth-order valence-electron chi connectivity index (χ4n) is 1.37. The Balaban J connectivity index is 2.28. The smallest absolute Gasteiger partial charge is 0.261 e. The second-order valence-electron chi connectivity index (χ2n) is 3.41. The Morgan fingerprint density at radius 2 is 2.06 bits per heavy atom. The van der Waals surface area contributed by atoms with Gasteiger partial charge in [-0.05, 0) is 24.3 Å². The van der Waals surface area contributed by atoms with E-state index in [1.165, 1.54) is 24.4 Å². The number of pyridine rings is 1. The Labute approximate surface area is 113 Å². The minimum atomic E-state index is -0.693. The Kier molecular flexibility index (Phi) is 3.79. The maximum atomic E-state index is 13.5. The van der Waals surface area contributed by atoms with Crippen LogP contribution in [0.3, 0.4) is 0 Å². The summed E-state index contributed by atoms with van der Waals surface area (Å²) in [6.07, 6.45) is 1.43. The lowest BCUT2D eigenvalue weighted by Gasteiger charge is -2.07. The monoisotopic (exact) mass is 284 g/mol. The zero-order chi connectivity index (χ0) is 13.1. The zero-order valence-corrected chi connectivity index (χ0v) is 10.5.